The molecule has 0 radical (unpaired) electrons. The number of thioether (sulfide) groups is 2. The minimum Gasteiger partial charge on any atom is -0.735 e. The molecule has 0 saturated carbocycles. The number of hydrogen-bond acceptors (Lipinski definition) is 16. The normalized spacial score (nSPS) is 20.2. The van der Waals surface area contributed by atoms with E-state index >= 15 is 0 Å². The molecule has 0 bridgehead atoms. The number of carboxylic acid groups (broad SMARTS) is 2. The van der Waals surface area contributed by atoms with Crippen LogP contribution in [0.15, 0.2) is 121 Å². The van der Waals surface area contributed by atoms with Crippen LogP contribution in [0, 0.1) is 0 Å². The Labute approximate surface area is 520 Å². The van der Waals surface area contributed by atoms with Crippen LogP contribution in [0.4, 0.5) is 0 Å². The first-order valence-electron chi connectivity index (χ1n) is 24.3. The summed E-state index contributed by atoms with van der Waals surface area (Å²) >= 11 is 12.7. The van der Waals surface area contributed by atoms with Gasteiger partial charge in [-0.25, -0.2) is 9.59 Å². The molecule has 4 aromatic carbocycles. The van der Waals surface area contributed by atoms with E-state index in [4.69, 9.17) is 25.3 Å². The fraction of sp³-hybridized carbons (Fsp3) is 0.259. The summed E-state index contributed by atoms with van der Waals surface area (Å²) < 4.78 is 0. The van der Waals surface area contributed by atoms with Gasteiger partial charge < -0.3 is 55.7 Å². The second-order valence-corrected chi connectivity index (χ2v) is 21.4. The molecular formula is C54H44N6Na2O14S4. The van der Waals surface area contributed by atoms with Crippen LogP contribution < -0.4 is 69.7 Å². The number of aliphatic carboxylic acids is 2. The van der Waals surface area contributed by atoms with Gasteiger partial charge in [0.05, 0.1) is 43.9 Å². The predicted molar refractivity (Wildman–Crippen MR) is 286 cm³/mol. The molecule has 4 N–H and O–H groups in total. The van der Waals surface area contributed by atoms with Crippen LogP contribution >= 0.6 is 23.5 Å². The molecule has 0 aromatic heterocycles. The summed E-state index contributed by atoms with van der Waals surface area (Å²) in [5.74, 6) is -6.43. The van der Waals surface area contributed by atoms with E-state index in [0.29, 0.717) is 22.7 Å². The molecule has 6 aliphatic heterocycles. The van der Waals surface area contributed by atoms with Crippen LogP contribution in [-0.4, -0.2) is 146 Å². The Morgan fingerprint density at radius 2 is 0.800 bits per heavy atom. The molecule has 0 spiro atoms. The third-order valence-electron chi connectivity index (χ3n) is 13.8. The average Bonchev–Trinajstić information content (AvgIpc) is 4.03. The van der Waals surface area contributed by atoms with Crippen molar-refractivity contribution in [2.45, 2.75) is 73.4 Å². The van der Waals surface area contributed by atoms with Crippen molar-refractivity contribution in [3.63, 3.8) is 0 Å². The minimum atomic E-state index is -1.43. The van der Waals surface area contributed by atoms with E-state index in [1.54, 1.807) is 24.3 Å². The molecule has 6 atom stereocenters. The maximum absolute atomic E-state index is 13.0. The summed E-state index contributed by atoms with van der Waals surface area (Å²) in [7, 11) is 0. The van der Waals surface area contributed by atoms with Gasteiger partial charge in [0.1, 0.15) is 34.9 Å². The van der Waals surface area contributed by atoms with E-state index in [9.17, 15) is 67.7 Å². The molecule has 20 nitrogen and oxygen atoms in total. The number of amides is 8. The number of β-lactam (4-membered cyclic amide) rings is 2. The third-order valence-corrected chi connectivity index (χ3v) is 16.8. The molecule has 8 amide bonds. The van der Waals surface area contributed by atoms with E-state index in [0.717, 1.165) is 20.9 Å². The number of nitrogens with one attached hydrogen (secondary N) is 2. The van der Waals surface area contributed by atoms with Gasteiger partial charge in [0.25, 0.3) is 35.4 Å². The Morgan fingerprint density at radius 1 is 0.500 bits per heavy atom. The molecular weight excluding hydrogens is 1130 g/mol. The van der Waals surface area contributed by atoms with Crippen molar-refractivity contribution in [2.24, 2.45) is 0 Å². The van der Waals surface area contributed by atoms with Gasteiger partial charge in [0.2, 0.25) is 11.8 Å². The number of carbonyl (C=O) groups excluding carboxylic acids is 10. The zero-order valence-electron chi connectivity index (χ0n) is 42.7. The number of hydrogen-bond donors (Lipinski definition) is 4. The Bertz CT molecular complexity index is 3040. The summed E-state index contributed by atoms with van der Waals surface area (Å²) in [4.78, 5) is 155. The van der Waals surface area contributed by atoms with Crippen molar-refractivity contribution in [1.82, 2.24) is 30.2 Å². The molecule has 2 fully saturated rings. The zero-order chi connectivity index (χ0) is 55.7. The first-order valence-corrected chi connectivity index (χ1v) is 27.2. The maximum atomic E-state index is 13.0. The predicted octanol–water partition coefficient (Wildman–Crippen LogP) is -2.41. The van der Waals surface area contributed by atoms with Crippen LogP contribution in [0.3, 0.4) is 0 Å². The van der Waals surface area contributed by atoms with E-state index < -0.39 is 104 Å². The summed E-state index contributed by atoms with van der Waals surface area (Å²) in [6.07, 6.45) is -0.374. The van der Waals surface area contributed by atoms with E-state index in [2.05, 4.69) is 10.6 Å². The molecule has 0 unspecified atom stereocenters. The largest absolute Gasteiger partial charge is 1.00 e. The smallest absolute Gasteiger partial charge is 0.735 e. The van der Waals surface area contributed by atoms with Crippen molar-refractivity contribution in [3.05, 3.63) is 154 Å². The topological polar surface area (TPSA) is 282 Å². The Hall–Kier alpha value is -6.06. The van der Waals surface area contributed by atoms with Gasteiger partial charge in [0.15, 0.2) is 0 Å². The standard InChI is InChI=1S/2C27H23N3O7S2.2Na/c2*31-19(12-6-11-18(26(35)36)29-22(32)15-9-4-5-10-16(15)23(29)33)28-20-24(34)30-21(27(37)38)17(13-39-25(20)30)14-7-2-1-3-8-14;;/h2*1-5,7-10,18,20,25H,6,11-13H2,(H,28,31)(H,35,36)(H,37,38);;/q;;2*+1/p-2/t2*18-,20-,25-;;/m11../s1. The molecule has 4 aromatic rings. The summed E-state index contributed by atoms with van der Waals surface area (Å²) in [6.45, 7) is 0. The molecule has 2 saturated heterocycles. The number of fused-ring (bicyclic) bond motifs is 4. The van der Waals surface area contributed by atoms with Crippen LogP contribution in [0.5, 0.6) is 0 Å². The van der Waals surface area contributed by atoms with E-state index in [1.807, 2.05) is 60.7 Å². The second kappa shape index (κ2) is 26.2. The minimum absolute atomic E-state index is 0. The molecule has 6 aliphatic rings. The second-order valence-electron chi connectivity index (χ2n) is 18.4. The molecule has 6 heterocycles. The van der Waals surface area contributed by atoms with Crippen LogP contribution in [0.2, 0.25) is 0 Å². The van der Waals surface area contributed by atoms with Gasteiger partial charge in [-0.3, -0.25) is 58.0 Å². The first-order chi connectivity index (χ1) is 37.4. The van der Waals surface area contributed by atoms with Crippen LogP contribution in [-0.2, 0) is 63.6 Å². The summed E-state index contributed by atoms with van der Waals surface area (Å²) in [5.41, 5.74) is 3.81. The number of imide groups is 2. The van der Waals surface area contributed by atoms with Crippen molar-refractivity contribution < 1.29 is 127 Å². The monoisotopic (exact) mass is 1170 g/mol. The van der Waals surface area contributed by atoms with Gasteiger partial charge in [0, 0.05) is 24.3 Å². The van der Waals surface area contributed by atoms with Gasteiger partial charge in [-0.05, 0) is 72.2 Å². The van der Waals surface area contributed by atoms with Crippen molar-refractivity contribution in [3.8, 4) is 0 Å². The number of carboxylic acids is 2. The van der Waals surface area contributed by atoms with E-state index in [1.165, 1.54) is 57.6 Å². The SMILES string of the molecule is O=C(CCC[C@H](C(=O)O)N1C(=O)c2ccccc2C1=O)N[C@@H]1C(=O)N2C(C(=O)[S-])=C(c3ccccc3)CS[C@H]12.O=C(CCC[C@H](C(=O)O)N1C(=O)c2ccccc2C1=O)N[C@@H]1C(=O)N2C(C(=O)[S-])=C(c3ccccc3)CS[C@H]12.[Na+].[Na+]. The molecule has 400 valence electrons. The van der Waals surface area contributed by atoms with E-state index in [-0.39, 0.29) is 131 Å². The Kier molecular flexibility index (Phi) is 20.2. The van der Waals surface area contributed by atoms with Gasteiger partial charge >= 0.3 is 71.1 Å². The van der Waals surface area contributed by atoms with Crippen molar-refractivity contribution in [2.75, 3.05) is 11.5 Å². The summed E-state index contributed by atoms with van der Waals surface area (Å²) in [5, 5.41) is 22.5. The Balaban J connectivity index is 0.000000225. The quantitative estimate of drug-likeness (QED) is 0.0350. The van der Waals surface area contributed by atoms with Gasteiger partial charge in [-0.1, -0.05) is 84.9 Å². The molecule has 26 heteroatoms. The number of rotatable bonds is 18. The molecule has 0 aliphatic carbocycles. The number of benzene rings is 4. The summed E-state index contributed by atoms with van der Waals surface area (Å²) in [6, 6.07) is 26.0. The van der Waals surface area contributed by atoms with Gasteiger partial charge in [-0.15, -0.1) is 23.5 Å². The van der Waals surface area contributed by atoms with Crippen LogP contribution in [0.25, 0.3) is 11.1 Å². The zero-order valence-corrected chi connectivity index (χ0v) is 50.0. The van der Waals surface area contributed by atoms with Crippen molar-refractivity contribution >= 4 is 129 Å². The Morgan fingerprint density at radius 3 is 1.09 bits per heavy atom. The molecule has 80 heavy (non-hydrogen) atoms. The fourth-order valence-corrected chi connectivity index (χ4v) is 13.2. The third kappa shape index (κ3) is 12.0. The van der Waals surface area contributed by atoms with Crippen molar-refractivity contribution in [1.29, 1.82) is 0 Å². The fourth-order valence-electron chi connectivity index (χ4n) is 10.0. The number of nitrogens with zero attached hydrogens (tertiary/aromatic N) is 4. The van der Waals surface area contributed by atoms with Crippen LogP contribution in [0.1, 0.15) is 91.1 Å². The number of carbonyl (C=O) groups is 12. The maximum Gasteiger partial charge on any atom is 1.00 e. The van der Waals surface area contributed by atoms with Gasteiger partial charge in [-0.2, -0.15) is 0 Å². The first kappa shape index (κ1) is 61.6. The average molecular weight is 1180 g/mol. The molecule has 10 rings (SSSR count).